The number of furan rings is 1. The van der Waals surface area contributed by atoms with Crippen LogP contribution < -0.4 is 0 Å². The van der Waals surface area contributed by atoms with Crippen molar-refractivity contribution in [2.45, 2.75) is 6.61 Å². The Morgan fingerprint density at radius 3 is 2.86 bits per heavy atom. The molecule has 0 radical (unpaired) electrons. The zero-order chi connectivity index (χ0) is 14.8. The lowest BCUT2D eigenvalue weighted by Crippen LogP contribution is -2.03. The van der Waals surface area contributed by atoms with Crippen LogP contribution in [-0.4, -0.2) is 10.9 Å². The third kappa shape index (κ3) is 2.63. The standard InChI is InChI=1S/C14H9NO5S/c16-14(11-5-6-13(20-11)15(17)18)19-7-9-8-21-12-4-2-1-3-10(9)12/h1-6,8H,7H2. The summed E-state index contributed by atoms with van der Waals surface area (Å²) in [5.41, 5.74) is 0.894. The third-order valence-corrected chi connectivity index (χ3v) is 3.91. The molecule has 7 heteroatoms. The summed E-state index contributed by atoms with van der Waals surface area (Å²) >= 11 is 1.57. The van der Waals surface area contributed by atoms with Gasteiger partial charge in [0, 0.05) is 10.3 Å². The molecule has 106 valence electrons. The fourth-order valence-corrected chi connectivity index (χ4v) is 2.84. The lowest BCUT2D eigenvalue weighted by Gasteiger charge is -2.01. The molecule has 0 aliphatic carbocycles. The molecule has 3 aromatic rings. The Kier molecular flexibility index (Phi) is 3.41. The second-order valence-electron chi connectivity index (χ2n) is 4.23. The van der Waals surface area contributed by atoms with Crippen molar-refractivity contribution in [2.24, 2.45) is 0 Å². The van der Waals surface area contributed by atoms with Gasteiger partial charge < -0.3 is 9.15 Å². The van der Waals surface area contributed by atoms with Crippen molar-refractivity contribution in [1.82, 2.24) is 0 Å². The van der Waals surface area contributed by atoms with Crippen LogP contribution in [0.5, 0.6) is 0 Å². The van der Waals surface area contributed by atoms with Gasteiger partial charge in [0.2, 0.25) is 5.76 Å². The minimum Gasteiger partial charge on any atom is -0.455 e. The molecule has 2 heterocycles. The number of esters is 1. The summed E-state index contributed by atoms with van der Waals surface area (Å²) in [6, 6.07) is 10.1. The molecule has 0 N–H and O–H groups in total. The Balaban J connectivity index is 1.72. The number of hydrogen-bond acceptors (Lipinski definition) is 6. The maximum Gasteiger partial charge on any atom is 0.433 e. The highest BCUT2D eigenvalue weighted by Crippen LogP contribution is 2.26. The van der Waals surface area contributed by atoms with Crippen LogP contribution in [0, 0.1) is 10.1 Å². The summed E-state index contributed by atoms with van der Waals surface area (Å²) in [7, 11) is 0. The maximum atomic E-state index is 11.8. The zero-order valence-corrected chi connectivity index (χ0v) is 11.5. The second-order valence-corrected chi connectivity index (χ2v) is 5.14. The molecule has 0 saturated carbocycles. The van der Waals surface area contributed by atoms with E-state index in [9.17, 15) is 14.9 Å². The van der Waals surface area contributed by atoms with Crippen LogP contribution in [0.25, 0.3) is 10.1 Å². The number of hydrogen-bond donors (Lipinski definition) is 0. The molecule has 1 aromatic carbocycles. The first-order valence-electron chi connectivity index (χ1n) is 6.01. The van der Waals surface area contributed by atoms with E-state index in [1.807, 2.05) is 29.6 Å². The van der Waals surface area contributed by atoms with Crippen molar-refractivity contribution in [3.05, 3.63) is 63.2 Å². The summed E-state index contributed by atoms with van der Waals surface area (Å²) in [6.45, 7) is 0.0946. The first-order chi connectivity index (χ1) is 10.1. The molecule has 0 saturated heterocycles. The first kappa shape index (κ1) is 13.3. The van der Waals surface area contributed by atoms with E-state index in [0.29, 0.717) is 0 Å². The molecule has 0 spiro atoms. The van der Waals surface area contributed by atoms with E-state index in [1.165, 1.54) is 6.07 Å². The Bertz CT molecular complexity index is 820. The van der Waals surface area contributed by atoms with Crippen LogP contribution in [0.3, 0.4) is 0 Å². The number of thiophene rings is 1. The molecule has 0 amide bonds. The molecule has 0 fully saturated rings. The Hall–Kier alpha value is -2.67. The smallest absolute Gasteiger partial charge is 0.433 e. The third-order valence-electron chi connectivity index (χ3n) is 2.89. The fourth-order valence-electron chi connectivity index (χ4n) is 1.89. The number of rotatable bonds is 4. The average molecular weight is 303 g/mol. The maximum absolute atomic E-state index is 11.8. The molecule has 6 nitrogen and oxygen atoms in total. The second kappa shape index (κ2) is 5.37. The predicted octanol–water partition coefficient (Wildman–Crippen LogP) is 3.76. The molecule has 0 unspecified atom stereocenters. The van der Waals surface area contributed by atoms with E-state index in [0.717, 1.165) is 21.7 Å². The average Bonchev–Trinajstić information content (AvgIpc) is 3.12. The summed E-state index contributed by atoms with van der Waals surface area (Å²) in [6.07, 6.45) is 0. The van der Waals surface area contributed by atoms with Crippen LogP contribution in [-0.2, 0) is 11.3 Å². The molecule has 21 heavy (non-hydrogen) atoms. The van der Waals surface area contributed by atoms with Crippen LogP contribution in [0.15, 0.2) is 46.2 Å². The highest BCUT2D eigenvalue weighted by molar-refractivity contribution is 7.17. The largest absolute Gasteiger partial charge is 0.455 e. The molecule has 3 rings (SSSR count). The monoisotopic (exact) mass is 303 g/mol. The number of carbonyl (C=O) groups is 1. The van der Waals surface area contributed by atoms with Gasteiger partial charge in [-0.2, -0.15) is 0 Å². The van der Waals surface area contributed by atoms with Gasteiger partial charge in [-0.1, -0.05) is 18.2 Å². The molecule has 0 aliphatic heterocycles. The van der Waals surface area contributed by atoms with Crippen LogP contribution in [0.4, 0.5) is 5.88 Å². The molecule has 0 atom stereocenters. The van der Waals surface area contributed by atoms with E-state index in [-0.39, 0.29) is 12.4 Å². The summed E-state index contributed by atoms with van der Waals surface area (Å²) in [5.74, 6) is -1.39. The Labute approximate surface area is 122 Å². The minimum absolute atomic E-state index is 0.0946. The zero-order valence-electron chi connectivity index (χ0n) is 10.6. The summed E-state index contributed by atoms with van der Waals surface area (Å²) in [4.78, 5) is 21.6. The summed E-state index contributed by atoms with van der Waals surface area (Å²) in [5, 5.41) is 13.4. The molecular weight excluding hydrogens is 294 g/mol. The molecule has 0 aliphatic rings. The van der Waals surface area contributed by atoms with E-state index in [2.05, 4.69) is 0 Å². The SMILES string of the molecule is O=C(OCc1csc2ccccc12)c1ccc([N+](=O)[O-])o1. The number of ether oxygens (including phenoxy) is 1. The number of nitrogens with zero attached hydrogens (tertiary/aromatic N) is 1. The van der Waals surface area contributed by atoms with Gasteiger partial charge in [-0.25, -0.2) is 4.79 Å². The number of nitro groups is 1. The highest BCUT2D eigenvalue weighted by atomic mass is 32.1. The van der Waals surface area contributed by atoms with Crippen LogP contribution >= 0.6 is 11.3 Å². The van der Waals surface area contributed by atoms with Crippen molar-refractivity contribution in [1.29, 1.82) is 0 Å². The van der Waals surface area contributed by atoms with Gasteiger partial charge in [0.25, 0.3) is 0 Å². The number of carbonyl (C=O) groups excluding carboxylic acids is 1. The molecule has 2 aromatic heterocycles. The molecular formula is C14H9NO5S. The van der Waals surface area contributed by atoms with E-state index >= 15 is 0 Å². The first-order valence-corrected chi connectivity index (χ1v) is 6.89. The normalized spacial score (nSPS) is 10.7. The quantitative estimate of drug-likeness (QED) is 0.416. The van der Waals surface area contributed by atoms with E-state index < -0.39 is 16.8 Å². The number of fused-ring (bicyclic) bond motifs is 1. The minimum atomic E-state index is -0.724. The van der Waals surface area contributed by atoms with Crippen molar-refractivity contribution in [2.75, 3.05) is 0 Å². The van der Waals surface area contributed by atoms with E-state index in [4.69, 9.17) is 9.15 Å². The van der Waals surface area contributed by atoms with Gasteiger partial charge in [0.05, 0.1) is 6.07 Å². The van der Waals surface area contributed by atoms with Gasteiger partial charge >= 0.3 is 11.9 Å². The van der Waals surface area contributed by atoms with Gasteiger partial charge in [0.1, 0.15) is 11.5 Å². The van der Waals surface area contributed by atoms with Crippen molar-refractivity contribution >= 4 is 33.3 Å². The van der Waals surface area contributed by atoms with E-state index in [1.54, 1.807) is 11.3 Å². The van der Waals surface area contributed by atoms with Crippen LogP contribution in [0.1, 0.15) is 16.1 Å². The topological polar surface area (TPSA) is 82.6 Å². The Morgan fingerprint density at radius 1 is 1.29 bits per heavy atom. The number of benzene rings is 1. The molecule has 0 bridgehead atoms. The van der Waals surface area contributed by atoms with Gasteiger partial charge in [0.15, 0.2) is 0 Å². The van der Waals surface area contributed by atoms with Gasteiger partial charge in [-0.3, -0.25) is 10.1 Å². The lowest BCUT2D eigenvalue weighted by atomic mass is 10.2. The van der Waals surface area contributed by atoms with Crippen molar-refractivity contribution in [3.63, 3.8) is 0 Å². The fraction of sp³-hybridized carbons (Fsp3) is 0.0714. The van der Waals surface area contributed by atoms with Gasteiger partial charge in [-0.15, -0.1) is 11.3 Å². The summed E-state index contributed by atoms with van der Waals surface area (Å²) < 4.78 is 11.0. The van der Waals surface area contributed by atoms with Crippen molar-refractivity contribution in [3.8, 4) is 0 Å². The Morgan fingerprint density at radius 2 is 2.10 bits per heavy atom. The predicted molar refractivity (Wildman–Crippen MR) is 76.3 cm³/mol. The van der Waals surface area contributed by atoms with Crippen LogP contribution in [0.2, 0.25) is 0 Å². The lowest BCUT2D eigenvalue weighted by molar-refractivity contribution is -0.402. The van der Waals surface area contributed by atoms with Gasteiger partial charge in [-0.05, 0) is 22.9 Å². The highest BCUT2D eigenvalue weighted by Gasteiger charge is 2.18. The van der Waals surface area contributed by atoms with Crippen molar-refractivity contribution < 1.29 is 18.9 Å².